The maximum absolute atomic E-state index is 11.3. The number of benzene rings is 1. The Morgan fingerprint density at radius 2 is 2.16 bits per heavy atom. The molecule has 0 aliphatic carbocycles. The monoisotopic (exact) mass is 262 g/mol. The van der Waals surface area contributed by atoms with Crippen molar-refractivity contribution < 1.29 is 9.90 Å². The van der Waals surface area contributed by atoms with Crippen molar-refractivity contribution in [3.63, 3.8) is 0 Å². The van der Waals surface area contributed by atoms with Crippen LogP contribution in [0.1, 0.15) is 25.0 Å². The van der Waals surface area contributed by atoms with Crippen molar-refractivity contribution in [1.82, 2.24) is 4.90 Å². The second-order valence-electron chi connectivity index (χ2n) is 6.02. The Kier molecular flexibility index (Phi) is 3.92. The molecule has 1 aliphatic heterocycles. The molecule has 1 aromatic carbocycles. The number of amides is 1. The van der Waals surface area contributed by atoms with Crippen LogP contribution in [0.25, 0.3) is 0 Å². The van der Waals surface area contributed by atoms with Gasteiger partial charge in [-0.15, -0.1) is 0 Å². The zero-order valence-electron chi connectivity index (χ0n) is 11.9. The Hall–Kier alpha value is -1.39. The van der Waals surface area contributed by atoms with Crippen LogP contribution < -0.4 is 5.32 Å². The van der Waals surface area contributed by atoms with Gasteiger partial charge in [0.1, 0.15) is 0 Å². The molecule has 2 N–H and O–H groups in total. The smallest absolute Gasteiger partial charge is 0.228 e. The number of nitrogens with zero attached hydrogens (tertiary/aromatic N) is 1. The third-order valence-electron chi connectivity index (χ3n) is 3.23. The summed E-state index contributed by atoms with van der Waals surface area (Å²) in [6.07, 6.45) is 1.41. The van der Waals surface area contributed by atoms with Gasteiger partial charge in [-0.1, -0.05) is 12.1 Å². The fourth-order valence-corrected chi connectivity index (χ4v) is 2.50. The molecular weight excluding hydrogens is 240 g/mol. The summed E-state index contributed by atoms with van der Waals surface area (Å²) in [4.78, 5) is 13.4. The highest BCUT2D eigenvalue weighted by Crippen LogP contribution is 2.24. The zero-order valence-corrected chi connectivity index (χ0v) is 11.9. The van der Waals surface area contributed by atoms with Crippen molar-refractivity contribution in [2.24, 2.45) is 0 Å². The van der Waals surface area contributed by atoms with Gasteiger partial charge in [0.25, 0.3) is 0 Å². The Labute approximate surface area is 114 Å². The molecule has 0 saturated carbocycles. The summed E-state index contributed by atoms with van der Waals surface area (Å²) in [7, 11) is 2.01. The fourth-order valence-electron chi connectivity index (χ4n) is 2.50. The summed E-state index contributed by atoms with van der Waals surface area (Å²) < 4.78 is 0. The van der Waals surface area contributed by atoms with Crippen LogP contribution in [0.15, 0.2) is 18.2 Å². The zero-order chi connectivity index (χ0) is 14.0. The lowest BCUT2D eigenvalue weighted by Gasteiger charge is -2.25. The van der Waals surface area contributed by atoms with Crippen LogP contribution in [0.5, 0.6) is 0 Å². The Bertz CT molecular complexity index is 478. The van der Waals surface area contributed by atoms with Crippen molar-refractivity contribution in [2.75, 3.05) is 25.5 Å². The molecule has 0 bridgehead atoms. The number of likely N-dealkylation sites (N-methyl/N-ethyl adjacent to an activating group) is 1. The molecule has 104 valence electrons. The van der Waals surface area contributed by atoms with E-state index < -0.39 is 5.60 Å². The molecular formula is C15H22N2O2. The third kappa shape index (κ3) is 4.04. The largest absolute Gasteiger partial charge is 0.389 e. The molecule has 1 heterocycles. The van der Waals surface area contributed by atoms with E-state index in [1.807, 2.05) is 27.0 Å². The topological polar surface area (TPSA) is 52.6 Å². The lowest BCUT2D eigenvalue weighted by atomic mass is 10.1. The van der Waals surface area contributed by atoms with Crippen molar-refractivity contribution in [3.8, 4) is 0 Å². The summed E-state index contributed by atoms with van der Waals surface area (Å²) in [5.74, 6) is 0.0753. The van der Waals surface area contributed by atoms with Crippen LogP contribution in [0.3, 0.4) is 0 Å². The minimum Gasteiger partial charge on any atom is -0.389 e. The molecule has 0 aromatic heterocycles. The van der Waals surface area contributed by atoms with E-state index in [4.69, 9.17) is 0 Å². The number of anilines is 1. The van der Waals surface area contributed by atoms with Crippen molar-refractivity contribution in [1.29, 1.82) is 0 Å². The molecule has 1 aliphatic rings. The van der Waals surface area contributed by atoms with E-state index in [2.05, 4.69) is 22.3 Å². The van der Waals surface area contributed by atoms with Crippen LogP contribution in [0.2, 0.25) is 0 Å². The van der Waals surface area contributed by atoms with Crippen LogP contribution in [0.4, 0.5) is 5.69 Å². The normalized spacial score (nSPS) is 14.7. The summed E-state index contributed by atoms with van der Waals surface area (Å²) in [5.41, 5.74) is 2.60. The number of aliphatic hydroxyl groups is 1. The van der Waals surface area contributed by atoms with Gasteiger partial charge in [0.05, 0.1) is 12.0 Å². The Morgan fingerprint density at radius 3 is 2.84 bits per heavy atom. The summed E-state index contributed by atoms with van der Waals surface area (Å²) in [6, 6.07) is 6.14. The van der Waals surface area contributed by atoms with Gasteiger partial charge in [0, 0.05) is 18.8 Å². The molecule has 0 fully saturated rings. The number of hydrogen-bond donors (Lipinski definition) is 2. The van der Waals surface area contributed by atoms with Crippen LogP contribution >= 0.6 is 0 Å². The van der Waals surface area contributed by atoms with E-state index in [1.165, 1.54) is 5.56 Å². The molecule has 0 saturated heterocycles. The maximum atomic E-state index is 11.3. The average molecular weight is 262 g/mol. The number of nitrogens with one attached hydrogen (secondary N) is 1. The van der Waals surface area contributed by atoms with Crippen molar-refractivity contribution in [3.05, 3.63) is 29.3 Å². The highest BCUT2D eigenvalue weighted by atomic mass is 16.3. The van der Waals surface area contributed by atoms with Crippen LogP contribution in [-0.4, -0.2) is 41.7 Å². The van der Waals surface area contributed by atoms with E-state index >= 15 is 0 Å². The lowest BCUT2D eigenvalue weighted by Crippen LogP contribution is -2.37. The quantitative estimate of drug-likeness (QED) is 0.844. The molecule has 2 rings (SSSR count). The number of fused-ring (bicyclic) bond motifs is 1. The second-order valence-corrected chi connectivity index (χ2v) is 6.02. The molecule has 4 heteroatoms. The number of carbonyl (C=O) groups is 1. The minimum absolute atomic E-state index is 0.0753. The first kappa shape index (κ1) is 14.0. The van der Waals surface area contributed by atoms with Gasteiger partial charge < -0.3 is 15.3 Å². The van der Waals surface area contributed by atoms with E-state index in [-0.39, 0.29) is 5.91 Å². The van der Waals surface area contributed by atoms with Gasteiger partial charge in [-0.25, -0.2) is 0 Å². The third-order valence-corrected chi connectivity index (χ3v) is 3.23. The summed E-state index contributed by atoms with van der Waals surface area (Å²) >= 11 is 0. The minimum atomic E-state index is -0.664. The van der Waals surface area contributed by atoms with Crippen LogP contribution in [-0.2, 0) is 17.6 Å². The molecule has 0 atom stereocenters. The Balaban J connectivity index is 1.91. The summed E-state index contributed by atoms with van der Waals surface area (Å²) in [6.45, 7) is 5.18. The number of hydrogen-bond acceptors (Lipinski definition) is 3. The van der Waals surface area contributed by atoms with Gasteiger partial charge >= 0.3 is 0 Å². The molecule has 1 aromatic rings. The predicted octanol–water partition coefficient (Wildman–Crippen LogP) is 1.43. The van der Waals surface area contributed by atoms with Gasteiger partial charge in [-0.3, -0.25) is 4.79 Å². The van der Waals surface area contributed by atoms with Crippen LogP contribution in [0, 0.1) is 0 Å². The predicted molar refractivity (Wildman–Crippen MR) is 76.3 cm³/mol. The molecule has 0 spiro atoms. The first-order valence-electron chi connectivity index (χ1n) is 6.66. The first-order chi connectivity index (χ1) is 8.83. The van der Waals surface area contributed by atoms with Gasteiger partial charge in [-0.05, 0) is 44.5 Å². The van der Waals surface area contributed by atoms with Crippen molar-refractivity contribution >= 4 is 11.6 Å². The van der Waals surface area contributed by atoms with E-state index in [1.54, 1.807) is 0 Å². The SMILES string of the molecule is CN(CCc1ccc2c(c1)CC(=O)N2)CC(C)(C)O. The average Bonchev–Trinajstić information content (AvgIpc) is 2.63. The number of carbonyl (C=O) groups excluding carboxylic acids is 1. The standard InChI is InChI=1S/C15H22N2O2/c1-15(2,19)10-17(3)7-6-11-4-5-13-12(8-11)9-14(18)16-13/h4-5,8,19H,6-7,9-10H2,1-3H3,(H,16,18). The van der Waals surface area contributed by atoms with Gasteiger partial charge in [-0.2, -0.15) is 0 Å². The molecule has 0 unspecified atom stereocenters. The van der Waals surface area contributed by atoms with Gasteiger partial charge in [0.15, 0.2) is 0 Å². The second kappa shape index (κ2) is 5.31. The Morgan fingerprint density at radius 1 is 1.42 bits per heavy atom. The van der Waals surface area contributed by atoms with E-state index in [0.29, 0.717) is 13.0 Å². The first-order valence-corrected chi connectivity index (χ1v) is 6.66. The number of rotatable bonds is 5. The fraction of sp³-hybridized carbons (Fsp3) is 0.533. The highest BCUT2D eigenvalue weighted by Gasteiger charge is 2.18. The molecule has 19 heavy (non-hydrogen) atoms. The lowest BCUT2D eigenvalue weighted by molar-refractivity contribution is -0.115. The molecule has 0 radical (unpaired) electrons. The van der Waals surface area contributed by atoms with E-state index in [9.17, 15) is 9.90 Å². The van der Waals surface area contributed by atoms with Crippen molar-refractivity contribution in [2.45, 2.75) is 32.3 Å². The summed E-state index contributed by atoms with van der Waals surface area (Å²) in [5, 5.41) is 12.6. The highest BCUT2D eigenvalue weighted by molar-refractivity contribution is 5.99. The van der Waals surface area contributed by atoms with Gasteiger partial charge in [0.2, 0.25) is 5.91 Å². The van der Waals surface area contributed by atoms with E-state index in [0.717, 1.165) is 24.2 Å². The maximum Gasteiger partial charge on any atom is 0.228 e. The molecule has 1 amide bonds. The molecule has 4 nitrogen and oxygen atoms in total.